The molecule has 0 aliphatic heterocycles. The van der Waals surface area contributed by atoms with Gasteiger partial charge in [-0.3, -0.25) is 0 Å². The maximum Gasteiger partial charge on any atom is 0.240 e. The van der Waals surface area contributed by atoms with Crippen LogP contribution in [0.1, 0.15) is 12.0 Å². The van der Waals surface area contributed by atoms with Crippen molar-refractivity contribution in [3.05, 3.63) is 23.8 Å². The zero-order valence-electron chi connectivity index (χ0n) is 9.76. The van der Waals surface area contributed by atoms with Crippen LogP contribution in [-0.2, 0) is 14.8 Å². The molecule has 0 aromatic heterocycles. The molecule has 0 fully saturated rings. The van der Waals surface area contributed by atoms with Crippen LogP contribution < -0.4 is 9.46 Å². The summed E-state index contributed by atoms with van der Waals surface area (Å²) in [6.45, 7) is 1.80. The second-order valence-electron chi connectivity index (χ2n) is 3.48. The van der Waals surface area contributed by atoms with Crippen LogP contribution in [0.4, 0.5) is 0 Å². The Morgan fingerprint density at radius 2 is 2.12 bits per heavy atom. The number of carbonyl (C=O) groups is 1. The predicted molar refractivity (Wildman–Crippen MR) is 63.6 cm³/mol. The summed E-state index contributed by atoms with van der Waals surface area (Å²) < 4.78 is 31.1. The van der Waals surface area contributed by atoms with E-state index >= 15 is 0 Å². The molecule has 0 aliphatic rings. The monoisotopic (exact) mass is 257 g/mol. The summed E-state index contributed by atoms with van der Waals surface area (Å²) in [6.07, 6.45) is 0.831. The molecule has 0 aliphatic carbocycles. The van der Waals surface area contributed by atoms with Gasteiger partial charge in [-0.25, -0.2) is 13.1 Å². The minimum atomic E-state index is -3.55. The van der Waals surface area contributed by atoms with E-state index in [1.165, 1.54) is 13.2 Å². The van der Waals surface area contributed by atoms with Gasteiger partial charge in [0.1, 0.15) is 12.0 Å². The highest BCUT2D eigenvalue weighted by Gasteiger charge is 2.16. The van der Waals surface area contributed by atoms with Crippen LogP contribution in [0.5, 0.6) is 5.75 Å². The number of aryl methyl sites for hydroxylation is 1. The standard InChI is InChI=1S/C11H15NO4S/c1-9-8-10(16-2)4-5-11(9)17(14,15)12-6-3-7-13/h4-5,7-8,12H,3,6H2,1-2H3. The van der Waals surface area contributed by atoms with Crippen LogP contribution in [0.2, 0.25) is 0 Å². The number of ether oxygens (including phenoxy) is 1. The van der Waals surface area contributed by atoms with Gasteiger partial charge in [0.2, 0.25) is 10.0 Å². The zero-order chi connectivity index (χ0) is 12.9. The van der Waals surface area contributed by atoms with Crippen LogP contribution in [0.15, 0.2) is 23.1 Å². The van der Waals surface area contributed by atoms with Crippen LogP contribution in [-0.4, -0.2) is 28.4 Å². The quantitative estimate of drug-likeness (QED) is 0.606. The van der Waals surface area contributed by atoms with E-state index in [2.05, 4.69) is 4.72 Å². The maximum atomic E-state index is 11.9. The van der Waals surface area contributed by atoms with Crippen LogP contribution >= 0.6 is 0 Å². The molecule has 0 spiro atoms. The van der Waals surface area contributed by atoms with E-state index in [-0.39, 0.29) is 17.9 Å². The smallest absolute Gasteiger partial charge is 0.240 e. The van der Waals surface area contributed by atoms with Crippen LogP contribution in [0.25, 0.3) is 0 Å². The van der Waals surface area contributed by atoms with Gasteiger partial charge in [0, 0.05) is 13.0 Å². The Hall–Kier alpha value is -1.40. The van der Waals surface area contributed by atoms with E-state index in [0.29, 0.717) is 17.6 Å². The second kappa shape index (κ2) is 5.79. The topological polar surface area (TPSA) is 72.5 Å². The summed E-state index contributed by atoms with van der Waals surface area (Å²) in [5.74, 6) is 0.606. The molecule has 0 radical (unpaired) electrons. The average Bonchev–Trinajstić information content (AvgIpc) is 2.28. The molecule has 5 nitrogen and oxygen atoms in total. The fourth-order valence-corrected chi connectivity index (χ4v) is 2.65. The lowest BCUT2D eigenvalue weighted by Crippen LogP contribution is -2.25. The normalized spacial score (nSPS) is 11.2. The Morgan fingerprint density at radius 1 is 1.41 bits per heavy atom. The molecule has 0 amide bonds. The SMILES string of the molecule is COc1ccc(S(=O)(=O)NCCC=O)c(C)c1. The van der Waals surface area contributed by atoms with Crippen LogP contribution in [0.3, 0.4) is 0 Å². The lowest BCUT2D eigenvalue weighted by atomic mass is 10.2. The van der Waals surface area contributed by atoms with Gasteiger partial charge >= 0.3 is 0 Å². The molecule has 0 atom stereocenters. The molecular formula is C11H15NO4S. The summed E-state index contributed by atoms with van der Waals surface area (Å²) in [5, 5.41) is 0. The third-order valence-corrected chi connectivity index (χ3v) is 3.85. The van der Waals surface area contributed by atoms with E-state index in [9.17, 15) is 13.2 Å². The molecule has 0 saturated heterocycles. The Bertz CT molecular complexity index is 496. The number of hydrogen-bond donors (Lipinski definition) is 1. The predicted octanol–water partition coefficient (Wildman–Crippen LogP) is 0.871. The molecule has 0 unspecified atom stereocenters. The Labute approximate surface area is 101 Å². The summed E-state index contributed by atoms with van der Waals surface area (Å²) >= 11 is 0. The number of aldehydes is 1. The molecule has 0 saturated carbocycles. The molecule has 17 heavy (non-hydrogen) atoms. The number of nitrogens with one attached hydrogen (secondary N) is 1. The van der Waals surface area contributed by atoms with Crippen molar-refractivity contribution in [2.24, 2.45) is 0 Å². The van der Waals surface area contributed by atoms with E-state index in [1.807, 2.05) is 0 Å². The van der Waals surface area contributed by atoms with Crippen molar-refractivity contribution in [3.63, 3.8) is 0 Å². The van der Waals surface area contributed by atoms with Gasteiger partial charge in [0.25, 0.3) is 0 Å². The van der Waals surface area contributed by atoms with Crippen molar-refractivity contribution in [2.75, 3.05) is 13.7 Å². The first kappa shape index (κ1) is 13.7. The summed E-state index contributed by atoms with van der Waals surface area (Å²) in [6, 6.07) is 4.72. The van der Waals surface area contributed by atoms with E-state index in [0.717, 1.165) is 0 Å². The van der Waals surface area contributed by atoms with Gasteiger partial charge < -0.3 is 9.53 Å². The molecule has 1 aromatic carbocycles. The highest BCUT2D eigenvalue weighted by atomic mass is 32.2. The lowest BCUT2D eigenvalue weighted by Gasteiger charge is -2.09. The van der Waals surface area contributed by atoms with Gasteiger partial charge in [-0.15, -0.1) is 0 Å². The fraction of sp³-hybridized carbons (Fsp3) is 0.364. The molecule has 0 heterocycles. The Kier molecular flexibility index (Phi) is 4.65. The van der Waals surface area contributed by atoms with Gasteiger partial charge in [-0.1, -0.05) is 0 Å². The highest BCUT2D eigenvalue weighted by Crippen LogP contribution is 2.20. The Morgan fingerprint density at radius 3 is 2.65 bits per heavy atom. The molecule has 0 bridgehead atoms. The molecule has 1 N–H and O–H groups in total. The van der Waals surface area contributed by atoms with E-state index < -0.39 is 10.0 Å². The number of rotatable bonds is 6. The van der Waals surface area contributed by atoms with E-state index in [1.54, 1.807) is 19.1 Å². The van der Waals surface area contributed by atoms with Gasteiger partial charge in [-0.2, -0.15) is 0 Å². The summed E-state index contributed by atoms with van der Waals surface area (Å²) in [7, 11) is -2.03. The maximum absolute atomic E-state index is 11.9. The largest absolute Gasteiger partial charge is 0.497 e. The minimum Gasteiger partial charge on any atom is -0.497 e. The number of benzene rings is 1. The molecule has 1 aromatic rings. The molecule has 1 rings (SSSR count). The molecular weight excluding hydrogens is 242 g/mol. The summed E-state index contributed by atoms with van der Waals surface area (Å²) in [4.78, 5) is 10.3. The molecule has 94 valence electrons. The first-order valence-corrected chi connectivity index (χ1v) is 6.57. The third-order valence-electron chi connectivity index (χ3n) is 2.23. The van der Waals surface area contributed by atoms with Crippen molar-refractivity contribution in [2.45, 2.75) is 18.2 Å². The zero-order valence-corrected chi connectivity index (χ0v) is 10.6. The van der Waals surface area contributed by atoms with Gasteiger partial charge in [0.15, 0.2) is 0 Å². The van der Waals surface area contributed by atoms with Crippen molar-refractivity contribution in [3.8, 4) is 5.75 Å². The van der Waals surface area contributed by atoms with Gasteiger partial charge in [0.05, 0.1) is 12.0 Å². The Balaban J connectivity index is 2.95. The number of sulfonamides is 1. The third kappa shape index (κ3) is 3.54. The summed E-state index contributed by atoms with van der Waals surface area (Å²) in [5.41, 5.74) is 0.600. The second-order valence-corrected chi connectivity index (χ2v) is 5.22. The highest BCUT2D eigenvalue weighted by molar-refractivity contribution is 7.89. The van der Waals surface area contributed by atoms with Crippen molar-refractivity contribution in [1.29, 1.82) is 0 Å². The first-order chi connectivity index (χ1) is 8.01. The lowest BCUT2D eigenvalue weighted by molar-refractivity contribution is -0.107. The minimum absolute atomic E-state index is 0.108. The first-order valence-electron chi connectivity index (χ1n) is 5.09. The van der Waals surface area contributed by atoms with E-state index in [4.69, 9.17) is 4.74 Å². The molecule has 6 heteroatoms. The number of hydrogen-bond acceptors (Lipinski definition) is 4. The number of methoxy groups -OCH3 is 1. The fourth-order valence-electron chi connectivity index (χ4n) is 1.38. The van der Waals surface area contributed by atoms with Crippen molar-refractivity contribution in [1.82, 2.24) is 4.72 Å². The van der Waals surface area contributed by atoms with Crippen molar-refractivity contribution >= 4 is 16.3 Å². The number of carbonyl (C=O) groups excluding carboxylic acids is 1. The van der Waals surface area contributed by atoms with Crippen LogP contribution in [0, 0.1) is 6.92 Å². The van der Waals surface area contributed by atoms with Gasteiger partial charge in [-0.05, 0) is 30.7 Å². The van der Waals surface area contributed by atoms with Crippen molar-refractivity contribution < 1.29 is 17.9 Å². The average molecular weight is 257 g/mol.